The summed E-state index contributed by atoms with van der Waals surface area (Å²) in [5, 5.41) is 9.98. The van der Waals surface area contributed by atoms with Gasteiger partial charge in [0.15, 0.2) is 0 Å². The van der Waals surface area contributed by atoms with Gasteiger partial charge in [0.1, 0.15) is 5.41 Å². The summed E-state index contributed by atoms with van der Waals surface area (Å²) in [6, 6.07) is 8.80. The van der Waals surface area contributed by atoms with Crippen molar-refractivity contribution >= 4 is 17.6 Å². The number of carboxylic acid groups (broad SMARTS) is 1. The number of likely N-dealkylation sites (tertiary alicyclic amines) is 2. The van der Waals surface area contributed by atoms with Gasteiger partial charge in [0.05, 0.1) is 5.92 Å². The fourth-order valence-electron chi connectivity index (χ4n) is 5.32. The van der Waals surface area contributed by atoms with Crippen LogP contribution in [0, 0.1) is 18.3 Å². The fraction of sp³-hybridized carbons (Fsp3) is 0.545. The number of rotatable bonds is 5. The minimum absolute atomic E-state index is 0.0258. The van der Waals surface area contributed by atoms with Crippen LogP contribution >= 0.6 is 0 Å². The van der Waals surface area contributed by atoms with Crippen LogP contribution in [0.25, 0.3) is 0 Å². The van der Waals surface area contributed by atoms with E-state index >= 15 is 0 Å². The second-order valence-corrected chi connectivity index (χ2v) is 8.46. The molecule has 150 valence electrons. The highest BCUT2D eigenvalue weighted by Gasteiger charge is 2.62. The number of benzene rings is 1. The highest BCUT2D eigenvalue weighted by Crippen LogP contribution is 2.45. The number of amides is 1. The standard InChI is InChI=1S/C22H29N3O3/c1-3-10-24-14-22(21(27)28)15-25(13-18(22)20(24)26)17-8-11-23(12-9-17)19-7-5-4-6-16(19)2/h3-7,17-18H,1,8-15H2,2H3,(H,27,28)/t18-,22+/m0/s1. The summed E-state index contributed by atoms with van der Waals surface area (Å²) in [7, 11) is 0. The molecule has 28 heavy (non-hydrogen) atoms. The Hall–Kier alpha value is -2.34. The average molecular weight is 383 g/mol. The van der Waals surface area contributed by atoms with E-state index in [1.54, 1.807) is 11.0 Å². The molecular formula is C22H29N3O3. The van der Waals surface area contributed by atoms with E-state index < -0.39 is 17.3 Å². The molecule has 2 atom stereocenters. The molecule has 0 unspecified atom stereocenters. The van der Waals surface area contributed by atoms with Crippen LogP contribution in [-0.2, 0) is 9.59 Å². The lowest BCUT2D eigenvalue weighted by Crippen LogP contribution is -2.47. The second-order valence-electron chi connectivity index (χ2n) is 8.46. The maximum atomic E-state index is 12.8. The van der Waals surface area contributed by atoms with Gasteiger partial charge in [-0.3, -0.25) is 14.5 Å². The fourth-order valence-corrected chi connectivity index (χ4v) is 5.32. The molecule has 3 aliphatic heterocycles. The van der Waals surface area contributed by atoms with E-state index in [0.717, 1.165) is 25.9 Å². The number of hydrogen-bond acceptors (Lipinski definition) is 4. The van der Waals surface area contributed by atoms with Crippen molar-refractivity contribution in [1.82, 2.24) is 9.80 Å². The third-order valence-corrected chi connectivity index (χ3v) is 6.86. The van der Waals surface area contributed by atoms with Gasteiger partial charge in [-0.15, -0.1) is 6.58 Å². The average Bonchev–Trinajstić information content (AvgIpc) is 3.19. The van der Waals surface area contributed by atoms with E-state index in [4.69, 9.17) is 0 Å². The van der Waals surface area contributed by atoms with Gasteiger partial charge < -0.3 is 14.9 Å². The van der Waals surface area contributed by atoms with Gasteiger partial charge in [0.25, 0.3) is 0 Å². The molecule has 0 radical (unpaired) electrons. The van der Waals surface area contributed by atoms with E-state index in [-0.39, 0.29) is 5.91 Å². The van der Waals surface area contributed by atoms with Gasteiger partial charge in [-0.1, -0.05) is 24.3 Å². The molecule has 0 spiro atoms. The van der Waals surface area contributed by atoms with Crippen molar-refractivity contribution in [2.24, 2.45) is 11.3 Å². The van der Waals surface area contributed by atoms with Crippen LogP contribution in [0.3, 0.4) is 0 Å². The lowest BCUT2D eigenvalue weighted by molar-refractivity contribution is -0.149. The zero-order chi connectivity index (χ0) is 19.9. The summed E-state index contributed by atoms with van der Waals surface area (Å²) in [6.07, 6.45) is 3.68. The number of nitrogens with zero attached hydrogens (tertiary/aromatic N) is 3. The monoisotopic (exact) mass is 383 g/mol. The predicted molar refractivity (Wildman–Crippen MR) is 108 cm³/mol. The summed E-state index contributed by atoms with van der Waals surface area (Å²) in [4.78, 5) is 31.3. The van der Waals surface area contributed by atoms with Gasteiger partial charge in [0.2, 0.25) is 5.91 Å². The maximum Gasteiger partial charge on any atom is 0.313 e. The van der Waals surface area contributed by atoms with Gasteiger partial charge >= 0.3 is 5.97 Å². The molecule has 1 aromatic rings. The number of anilines is 1. The van der Waals surface area contributed by atoms with Crippen molar-refractivity contribution in [1.29, 1.82) is 0 Å². The lowest BCUT2D eigenvalue weighted by atomic mass is 9.81. The number of fused-ring (bicyclic) bond motifs is 1. The molecule has 0 saturated carbocycles. The van der Waals surface area contributed by atoms with Crippen LogP contribution in [-0.4, -0.2) is 72.1 Å². The molecule has 6 heteroatoms. The maximum absolute atomic E-state index is 12.8. The van der Waals surface area contributed by atoms with Crippen LogP contribution in [0.5, 0.6) is 0 Å². The molecule has 6 nitrogen and oxygen atoms in total. The number of aryl methyl sites for hydroxylation is 1. The number of aliphatic carboxylic acids is 1. The molecule has 1 aromatic carbocycles. The van der Waals surface area contributed by atoms with E-state index in [1.807, 2.05) is 0 Å². The molecule has 4 rings (SSSR count). The van der Waals surface area contributed by atoms with Crippen LogP contribution in [0.1, 0.15) is 18.4 Å². The van der Waals surface area contributed by atoms with Crippen molar-refractivity contribution in [3.05, 3.63) is 42.5 Å². The van der Waals surface area contributed by atoms with Crippen LogP contribution < -0.4 is 4.90 Å². The van der Waals surface area contributed by atoms with E-state index in [0.29, 0.717) is 32.2 Å². The quantitative estimate of drug-likeness (QED) is 0.788. The Morgan fingerprint density at radius 3 is 2.61 bits per heavy atom. The summed E-state index contributed by atoms with van der Waals surface area (Å²) >= 11 is 0. The molecule has 3 aliphatic rings. The van der Waals surface area contributed by atoms with Crippen molar-refractivity contribution in [2.75, 3.05) is 44.2 Å². The Morgan fingerprint density at radius 1 is 1.29 bits per heavy atom. The molecule has 3 heterocycles. The first-order chi connectivity index (χ1) is 13.5. The first-order valence-corrected chi connectivity index (χ1v) is 10.1. The van der Waals surface area contributed by atoms with Crippen molar-refractivity contribution in [2.45, 2.75) is 25.8 Å². The number of hydrogen-bond donors (Lipinski definition) is 1. The van der Waals surface area contributed by atoms with Crippen molar-refractivity contribution in [3.8, 4) is 0 Å². The molecule has 0 aliphatic carbocycles. The Kier molecular flexibility index (Phi) is 4.91. The normalized spacial score (nSPS) is 28.6. The predicted octanol–water partition coefficient (Wildman–Crippen LogP) is 1.99. The zero-order valence-electron chi connectivity index (χ0n) is 16.5. The summed E-state index contributed by atoms with van der Waals surface area (Å²) in [6.45, 7) is 9.53. The van der Waals surface area contributed by atoms with Gasteiger partial charge in [0, 0.05) is 51.0 Å². The third kappa shape index (κ3) is 3.00. The minimum atomic E-state index is -0.965. The number of para-hydroxylation sites is 1. The van der Waals surface area contributed by atoms with Crippen molar-refractivity contribution < 1.29 is 14.7 Å². The largest absolute Gasteiger partial charge is 0.481 e. The number of carbonyl (C=O) groups is 2. The van der Waals surface area contributed by atoms with Crippen LogP contribution in [0.4, 0.5) is 5.69 Å². The molecule has 1 N–H and O–H groups in total. The summed E-state index contributed by atoms with van der Waals surface area (Å²) in [5.74, 6) is -1.29. The van der Waals surface area contributed by atoms with Crippen molar-refractivity contribution in [3.63, 3.8) is 0 Å². The lowest BCUT2D eigenvalue weighted by Gasteiger charge is -2.39. The summed E-state index contributed by atoms with van der Waals surface area (Å²) in [5.41, 5.74) is 1.61. The SMILES string of the molecule is C=CCN1C[C@@]2(C(=O)O)CN(C3CCN(c4ccccc4C)CC3)C[C@H]2C1=O. The second kappa shape index (κ2) is 7.24. The molecule has 0 bridgehead atoms. The zero-order valence-corrected chi connectivity index (χ0v) is 16.5. The van der Waals surface area contributed by atoms with Gasteiger partial charge in [-0.05, 0) is 31.4 Å². The molecule has 0 aromatic heterocycles. The highest BCUT2D eigenvalue weighted by molar-refractivity contribution is 5.92. The first-order valence-electron chi connectivity index (χ1n) is 10.1. The van der Waals surface area contributed by atoms with E-state index in [2.05, 4.69) is 47.6 Å². The Bertz CT molecular complexity index is 787. The Balaban J connectivity index is 1.44. The van der Waals surface area contributed by atoms with Gasteiger partial charge in [-0.25, -0.2) is 0 Å². The third-order valence-electron chi connectivity index (χ3n) is 6.86. The van der Waals surface area contributed by atoms with E-state index in [9.17, 15) is 14.7 Å². The number of carboxylic acids is 1. The highest BCUT2D eigenvalue weighted by atomic mass is 16.4. The molecule has 1 amide bonds. The Labute approximate surface area is 166 Å². The minimum Gasteiger partial charge on any atom is -0.481 e. The molecule has 3 saturated heterocycles. The van der Waals surface area contributed by atoms with Crippen LogP contribution in [0.15, 0.2) is 36.9 Å². The smallest absolute Gasteiger partial charge is 0.313 e. The number of carbonyl (C=O) groups excluding carboxylic acids is 1. The summed E-state index contributed by atoms with van der Waals surface area (Å²) < 4.78 is 0. The molecular weight excluding hydrogens is 354 g/mol. The van der Waals surface area contributed by atoms with Crippen LogP contribution in [0.2, 0.25) is 0 Å². The van der Waals surface area contributed by atoms with Gasteiger partial charge in [-0.2, -0.15) is 0 Å². The Morgan fingerprint density at radius 2 is 2.00 bits per heavy atom. The molecule has 3 fully saturated rings. The topological polar surface area (TPSA) is 64.1 Å². The first kappa shape index (κ1) is 19.0. The number of piperidine rings is 1. The van der Waals surface area contributed by atoms with E-state index in [1.165, 1.54) is 11.3 Å².